The van der Waals surface area contributed by atoms with Gasteiger partial charge in [0.2, 0.25) is 0 Å². The molecule has 0 saturated carbocycles. The van der Waals surface area contributed by atoms with Crippen LogP contribution in [0, 0.1) is 0 Å². The first-order chi connectivity index (χ1) is 9.72. The van der Waals surface area contributed by atoms with E-state index in [2.05, 4.69) is 0 Å². The fraction of sp³-hybridized carbons (Fsp3) is 0.267. The third kappa shape index (κ3) is 3.46. The molecule has 2 aromatic rings. The molecule has 0 saturated heterocycles. The summed E-state index contributed by atoms with van der Waals surface area (Å²) < 4.78 is 12.4. The number of ether oxygens (including phenoxy) is 2. The molecule has 2 rings (SSSR count). The predicted octanol–water partition coefficient (Wildman–Crippen LogP) is 2.51. The van der Waals surface area contributed by atoms with Crippen molar-refractivity contribution in [1.29, 1.82) is 0 Å². The van der Waals surface area contributed by atoms with Gasteiger partial charge in [-0.05, 0) is 11.6 Å². The molecule has 5 heteroatoms. The minimum absolute atomic E-state index is 0.239. The molecule has 1 aromatic carbocycles. The molecule has 0 amide bonds. The maximum atomic E-state index is 11.1. The molecule has 1 heterocycles. The van der Waals surface area contributed by atoms with E-state index in [0.29, 0.717) is 19.0 Å². The van der Waals surface area contributed by atoms with Crippen LogP contribution in [0.15, 0.2) is 42.6 Å². The molecule has 0 aliphatic carbocycles. The van der Waals surface area contributed by atoms with Crippen LogP contribution in [-0.4, -0.2) is 22.8 Å². The van der Waals surface area contributed by atoms with E-state index in [1.165, 1.54) is 7.11 Å². The van der Waals surface area contributed by atoms with Crippen LogP contribution in [0.5, 0.6) is 0 Å². The van der Waals surface area contributed by atoms with E-state index >= 15 is 0 Å². The van der Waals surface area contributed by atoms with Gasteiger partial charge in [0.05, 0.1) is 24.5 Å². The summed E-state index contributed by atoms with van der Waals surface area (Å²) in [5.74, 6) is -0.959. The Balaban J connectivity index is 2.00. The fourth-order valence-electron chi connectivity index (χ4n) is 1.95. The highest BCUT2D eigenvalue weighted by molar-refractivity contribution is 5.89. The van der Waals surface area contributed by atoms with Gasteiger partial charge in [0, 0.05) is 13.3 Å². The van der Waals surface area contributed by atoms with Gasteiger partial charge in [-0.15, -0.1) is 0 Å². The maximum Gasteiger partial charge on any atom is 0.337 e. The summed E-state index contributed by atoms with van der Waals surface area (Å²) in [6, 6.07) is 11.4. The van der Waals surface area contributed by atoms with Crippen LogP contribution in [0.25, 0.3) is 0 Å². The third-order valence-electron chi connectivity index (χ3n) is 2.93. The number of hydrogen-bond donors (Lipinski definition) is 1. The van der Waals surface area contributed by atoms with Gasteiger partial charge < -0.3 is 19.1 Å². The Morgan fingerprint density at radius 1 is 1.20 bits per heavy atom. The van der Waals surface area contributed by atoms with E-state index in [9.17, 15) is 4.79 Å². The Labute approximate surface area is 117 Å². The molecule has 0 spiro atoms. The number of carbonyl (C=O) groups is 1. The number of methoxy groups -OCH3 is 1. The molecule has 0 aliphatic rings. The van der Waals surface area contributed by atoms with Crippen molar-refractivity contribution in [2.45, 2.75) is 19.9 Å². The zero-order valence-corrected chi connectivity index (χ0v) is 11.3. The monoisotopic (exact) mass is 275 g/mol. The SMILES string of the molecule is COCc1c(C(=O)O)ccn1COCc1ccccc1. The highest BCUT2D eigenvalue weighted by atomic mass is 16.5. The first-order valence-corrected chi connectivity index (χ1v) is 6.24. The van der Waals surface area contributed by atoms with Crippen LogP contribution in [0.4, 0.5) is 0 Å². The van der Waals surface area contributed by atoms with Crippen molar-refractivity contribution in [2.75, 3.05) is 7.11 Å². The average molecular weight is 275 g/mol. The topological polar surface area (TPSA) is 60.7 Å². The highest BCUT2D eigenvalue weighted by Gasteiger charge is 2.14. The quantitative estimate of drug-likeness (QED) is 0.843. The molecule has 20 heavy (non-hydrogen) atoms. The minimum Gasteiger partial charge on any atom is -0.478 e. The number of carboxylic acids is 1. The molecular weight excluding hydrogens is 258 g/mol. The van der Waals surface area contributed by atoms with Gasteiger partial charge in [-0.2, -0.15) is 0 Å². The standard InChI is InChI=1S/C15H17NO4/c1-19-10-14-13(15(17)18)7-8-16(14)11-20-9-12-5-3-2-4-6-12/h2-8H,9-11H2,1H3,(H,17,18). The first kappa shape index (κ1) is 14.3. The van der Waals surface area contributed by atoms with Crippen molar-refractivity contribution < 1.29 is 19.4 Å². The highest BCUT2D eigenvalue weighted by Crippen LogP contribution is 2.13. The van der Waals surface area contributed by atoms with Gasteiger partial charge >= 0.3 is 5.97 Å². The molecular formula is C15H17NO4. The number of benzene rings is 1. The Morgan fingerprint density at radius 2 is 1.95 bits per heavy atom. The summed E-state index contributed by atoms with van der Waals surface area (Å²) in [6.45, 7) is 1.01. The molecule has 0 unspecified atom stereocenters. The maximum absolute atomic E-state index is 11.1. The number of hydrogen-bond acceptors (Lipinski definition) is 3. The second kappa shape index (κ2) is 6.88. The zero-order chi connectivity index (χ0) is 14.4. The van der Waals surface area contributed by atoms with E-state index in [1.54, 1.807) is 16.8 Å². The van der Waals surface area contributed by atoms with E-state index in [0.717, 1.165) is 5.56 Å². The molecule has 0 bridgehead atoms. The molecule has 0 fully saturated rings. The summed E-state index contributed by atoms with van der Waals surface area (Å²) >= 11 is 0. The predicted molar refractivity (Wildman–Crippen MR) is 73.3 cm³/mol. The van der Waals surface area contributed by atoms with Gasteiger partial charge in [0.15, 0.2) is 0 Å². The van der Waals surface area contributed by atoms with Crippen LogP contribution in [-0.2, 0) is 29.4 Å². The summed E-state index contributed by atoms with van der Waals surface area (Å²) in [5, 5.41) is 9.10. The lowest BCUT2D eigenvalue weighted by molar-refractivity contribution is 0.0571. The summed E-state index contributed by atoms with van der Waals surface area (Å²) in [5.41, 5.74) is 1.93. The Hall–Kier alpha value is -2.11. The Kier molecular flexibility index (Phi) is 4.92. The molecule has 0 radical (unpaired) electrons. The van der Waals surface area contributed by atoms with Crippen LogP contribution < -0.4 is 0 Å². The largest absolute Gasteiger partial charge is 0.478 e. The van der Waals surface area contributed by atoms with Gasteiger partial charge in [-0.25, -0.2) is 4.79 Å². The van der Waals surface area contributed by atoms with E-state index in [4.69, 9.17) is 14.6 Å². The molecule has 1 aromatic heterocycles. The number of carboxylic acid groups (broad SMARTS) is 1. The lowest BCUT2D eigenvalue weighted by atomic mass is 10.2. The van der Waals surface area contributed by atoms with Crippen molar-refractivity contribution in [2.24, 2.45) is 0 Å². The number of aromatic carboxylic acids is 1. The third-order valence-corrected chi connectivity index (χ3v) is 2.93. The van der Waals surface area contributed by atoms with Crippen LogP contribution in [0.3, 0.4) is 0 Å². The lowest BCUT2D eigenvalue weighted by Gasteiger charge is -2.10. The molecule has 0 atom stereocenters. The number of nitrogens with zero attached hydrogens (tertiary/aromatic N) is 1. The van der Waals surface area contributed by atoms with Crippen molar-refractivity contribution in [1.82, 2.24) is 4.57 Å². The second-order valence-electron chi connectivity index (χ2n) is 4.35. The summed E-state index contributed by atoms with van der Waals surface area (Å²) in [6.07, 6.45) is 1.70. The van der Waals surface area contributed by atoms with Gasteiger partial charge in [-0.1, -0.05) is 30.3 Å². The van der Waals surface area contributed by atoms with Crippen LogP contribution in [0.2, 0.25) is 0 Å². The number of aromatic nitrogens is 1. The van der Waals surface area contributed by atoms with Crippen LogP contribution in [0.1, 0.15) is 21.6 Å². The molecule has 106 valence electrons. The van der Waals surface area contributed by atoms with E-state index in [-0.39, 0.29) is 12.2 Å². The minimum atomic E-state index is -0.959. The van der Waals surface area contributed by atoms with Crippen molar-refractivity contribution in [3.05, 3.63) is 59.4 Å². The van der Waals surface area contributed by atoms with Crippen molar-refractivity contribution >= 4 is 5.97 Å². The summed E-state index contributed by atoms with van der Waals surface area (Å²) in [4.78, 5) is 11.1. The second-order valence-corrected chi connectivity index (χ2v) is 4.35. The molecule has 1 N–H and O–H groups in total. The Bertz CT molecular complexity index is 563. The van der Waals surface area contributed by atoms with Gasteiger partial charge in [0.1, 0.15) is 6.73 Å². The fourth-order valence-corrected chi connectivity index (χ4v) is 1.95. The first-order valence-electron chi connectivity index (χ1n) is 6.24. The van der Waals surface area contributed by atoms with Crippen molar-refractivity contribution in [3.8, 4) is 0 Å². The van der Waals surface area contributed by atoms with Crippen molar-refractivity contribution in [3.63, 3.8) is 0 Å². The molecule has 0 aliphatic heterocycles. The molecule has 5 nitrogen and oxygen atoms in total. The van der Waals surface area contributed by atoms with Crippen LogP contribution >= 0.6 is 0 Å². The lowest BCUT2D eigenvalue weighted by Crippen LogP contribution is -2.10. The van der Waals surface area contributed by atoms with Gasteiger partial charge in [0.25, 0.3) is 0 Å². The number of rotatable bonds is 7. The smallest absolute Gasteiger partial charge is 0.337 e. The average Bonchev–Trinajstić information content (AvgIpc) is 2.84. The zero-order valence-electron chi connectivity index (χ0n) is 11.3. The van der Waals surface area contributed by atoms with E-state index in [1.807, 2.05) is 30.3 Å². The Morgan fingerprint density at radius 3 is 2.60 bits per heavy atom. The normalized spacial score (nSPS) is 10.7. The van der Waals surface area contributed by atoms with Gasteiger partial charge in [-0.3, -0.25) is 0 Å². The van der Waals surface area contributed by atoms with E-state index < -0.39 is 5.97 Å². The summed E-state index contributed by atoms with van der Waals surface area (Å²) in [7, 11) is 1.54.